The molecule has 0 spiro atoms. The second-order valence-electron chi connectivity index (χ2n) is 9.56. The number of rotatable bonds is 4. The highest BCUT2D eigenvalue weighted by molar-refractivity contribution is 5.90. The highest BCUT2D eigenvalue weighted by Crippen LogP contribution is 2.50. The van der Waals surface area contributed by atoms with Gasteiger partial charge in [0.1, 0.15) is 5.60 Å². The minimum atomic E-state index is -1.74. The van der Waals surface area contributed by atoms with Crippen LogP contribution in [-0.4, -0.2) is 58.7 Å². The molecule has 1 saturated carbocycles. The van der Waals surface area contributed by atoms with E-state index in [0.717, 1.165) is 0 Å². The van der Waals surface area contributed by atoms with Crippen LogP contribution in [0, 0.1) is 11.8 Å². The Balaban J connectivity index is 1.50. The normalized spacial score (nSPS) is 22.6. The maximum absolute atomic E-state index is 13.6. The van der Waals surface area contributed by atoms with Crippen LogP contribution in [0.4, 0.5) is 4.79 Å². The predicted molar refractivity (Wildman–Crippen MR) is 117 cm³/mol. The van der Waals surface area contributed by atoms with Gasteiger partial charge >= 0.3 is 6.09 Å². The van der Waals surface area contributed by atoms with E-state index in [1.54, 1.807) is 41.1 Å². The summed E-state index contributed by atoms with van der Waals surface area (Å²) in [6.45, 7) is 6.58. The minimum absolute atomic E-state index is 0.0699. The molecule has 2 aliphatic rings. The molecule has 2 fully saturated rings. The van der Waals surface area contributed by atoms with Gasteiger partial charge in [0.2, 0.25) is 0 Å². The molecule has 6 nitrogen and oxygen atoms in total. The quantitative estimate of drug-likeness (QED) is 0.821. The molecule has 1 saturated heterocycles. The van der Waals surface area contributed by atoms with Gasteiger partial charge < -0.3 is 19.6 Å². The molecule has 2 aromatic rings. The first-order chi connectivity index (χ1) is 14.6. The number of benzene rings is 2. The number of nitrogens with zero attached hydrogens (tertiary/aromatic N) is 2. The lowest BCUT2D eigenvalue weighted by Crippen LogP contribution is -2.49. The number of carbonyl (C=O) groups excluding carboxylic acids is 2. The van der Waals surface area contributed by atoms with E-state index in [-0.39, 0.29) is 29.9 Å². The summed E-state index contributed by atoms with van der Waals surface area (Å²) in [5.74, 6) is 0.0882. The molecule has 2 amide bonds. The van der Waals surface area contributed by atoms with Gasteiger partial charge in [0.05, 0.1) is 0 Å². The van der Waals surface area contributed by atoms with Crippen molar-refractivity contribution in [1.82, 2.24) is 9.80 Å². The molecule has 0 bridgehead atoms. The molecule has 1 aliphatic carbocycles. The van der Waals surface area contributed by atoms with Gasteiger partial charge in [-0.25, -0.2) is 4.79 Å². The van der Waals surface area contributed by atoms with Crippen molar-refractivity contribution in [3.05, 3.63) is 71.8 Å². The molecule has 1 aliphatic heterocycles. The number of aliphatic hydroxyl groups is 1. The summed E-state index contributed by atoms with van der Waals surface area (Å²) in [6, 6.07) is 18.2. The van der Waals surface area contributed by atoms with E-state index in [1.807, 2.05) is 57.2 Å². The SMILES string of the molecule is CN(C(=O)OC(C)(C)C)C1C2CN(C(=O)C(O)(c3ccccc3)c3ccccc3)CC21. The van der Waals surface area contributed by atoms with Gasteiger partial charge in [0.15, 0.2) is 5.60 Å². The van der Waals surface area contributed by atoms with E-state index in [1.165, 1.54) is 0 Å². The van der Waals surface area contributed by atoms with Crippen LogP contribution < -0.4 is 0 Å². The highest BCUT2D eigenvalue weighted by Gasteiger charge is 2.61. The summed E-state index contributed by atoms with van der Waals surface area (Å²) < 4.78 is 5.48. The first-order valence-electron chi connectivity index (χ1n) is 10.7. The molecule has 0 radical (unpaired) electrons. The number of hydrogen-bond donors (Lipinski definition) is 1. The Morgan fingerprint density at radius 1 is 0.935 bits per heavy atom. The summed E-state index contributed by atoms with van der Waals surface area (Å²) in [5, 5.41) is 11.7. The maximum atomic E-state index is 13.6. The van der Waals surface area contributed by atoms with Crippen LogP contribution in [-0.2, 0) is 15.1 Å². The van der Waals surface area contributed by atoms with Gasteiger partial charge in [-0.15, -0.1) is 0 Å². The van der Waals surface area contributed by atoms with Crippen LogP contribution in [0.15, 0.2) is 60.7 Å². The fourth-order valence-corrected chi connectivity index (χ4v) is 4.69. The van der Waals surface area contributed by atoms with Crippen molar-refractivity contribution in [1.29, 1.82) is 0 Å². The van der Waals surface area contributed by atoms with Crippen molar-refractivity contribution in [3.63, 3.8) is 0 Å². The molecule has 2 atom stereocenters. The second-order valence-corrected chi connectivity index (χ2v) is 9.56. The van der Waals surface area contributed by atoms with Crippen LogP contribution in [0.1, 0.15) is 31.9 Å². The average Bonchev–Trinajstić information content (AvgIpc) is 3.24. The van der Waals surface area contributed by atoms with Crippen molar-refractivity contribution in [2.75, 3.05) is 20.1 Å². The molecular weight excluding hydrogens is 392 g/mol. The van der Waals surface area contributed by atoms with Gasteiger partial charge in [0, 0.05) is 38.0 Å². The van der Waals surface area contributed by atoms with Crippen LogP contribution in [0.25, 0.3) is 0 Å². The van der Waals surface area contributed by atoms with Gasteiger partial charge in [-0.2, -0.15) is 0 Å². The van der Waals surface area contributed by atoms with Crippen LogP contribution in [0.2, 0.25) is 0 Å². The summed E-state index contributed by atoms with van der Waals surface area (Å²) in [6.07, 6.45) is -0.338. The van der Waals surface area contributed by atoms with Crippen LogP contribution in [0.5, 0.6) is 0 Å². The Morgan fingerprint density at radius 3 is 1.81 bits per heavy atom. The van der Waals surface area contributed by atoms with E-state index in [4.69, 9.17) is 4.74 Å². The average molecular weight is 423 g/mol. The largest absolute Gasteiger partial charge is 0.444 e. The molecule has 6 heteroatoms. The standard InChI is InChI=1S/C25H30N2O4/c1-24(2,3)31-23(29)26(4)21-19-15-27(16-20(19)21)22(28)25(30,17-11-7-5-8-12-17)18-13-9-6-10-14-18/h5-14,19-21,30H,15-16H2,1-4H3. The molecule has 0 aromatic heterocycles. The number of fused-ring (bicyclic) bond motifs is 1. The first-order valence-corrected chi connectivity index (χ1v) is 10.7. The summed E-state index contributed by atoms with van der Waals surface area (Å²) >= 11 is 0. The van der Waals surface area contributed by atoms with Crippen molar-refractivity contribution in [2.24, 2.45) is 11.8 Å². The Labute approximate surface area is 183 Å². The number of ether oxygens (including phenoxy) is 1. The third-order valence-corrected chi connectivity index (χ3v) is 6.26. The lowest BCUT2D eigenvalue weighted by molar-refractivity contribution is -0.147. The molecule has 31 heavy (non-hydrogen) atoms. The summed E-state index contributed by atoms with van der Waals surface area (Å²) in [7, 11) is 1.76. The zero-order chi connectivity index (χ0) is 22.4. The summed E-state index contributed by atoms with van der Waals surface area (Å²) in [5.41, 5.74) is -1.19. The van der Waals surface area contributed by atoms with Gasteiger partial charge in [-0.3, -0.25) is 4.79 Å². The molecule has 1 N–H and O–H groups in total. The summed E-state index contributed by atoms with van der Waals surface area (Å²) in [4.78, 5) is 29.4. The van der Waals surface area contributed by atoms with Crippen molar-refractivity contribution < 1.29 is 19.4 Å². The Morgan fingerprint density at radius 2 is 1.39 bits per heavy atom. The Kier molecular flexibility index (Phi) is 5.30. The van der Waals surface area contributed by atoms with Crippen molar-refractivity contribution in [2.45, 2.75) is 38.0 Å². The molecule has 4 rings (SSSR count). The van der Waals surface area contributed by atoms with E-state index in [0.29, 0.717) is 24.2 Å². The van der Waals surface area contributed by atoms with Gasteiger partial charge in [-0.05, 0) is 31.9 Å². The Hall–Kier alpha value is -2.86. The molecule has 164 valence electrons. The number of amides is 2. The lowest BCUT2D eigenvalue weighted by Gasteiger charge is -2.34. The molecule has 2 unspecified atom stereocenters. The van der Waals surface area contributed by atoms with E-state index < -0.39 is 11.2 Å². The number of carbonyl (C=O) groups is 2. The minimum Gasteiger partial charge on any atom is -0.444 e. The van der Waals surface area contributed by atoms with Gasteiger partial charge in [-0.1, -0.05) is 60.7 Å². The topological polar surface area (TPSA) is 70.1 Å². The zero-order valence-corrected chi connectivity index (χ0v) is 18.5. The van der Waals surface area contributed by atoms with E-state index in [2.05, 4.69) is 0 Å². The van der Waals surface area contributed by atoms with Crippen LogP contribution in [0.3, 0.4) is 0 Å². The molecular formula is C25H30N2O4. The Bertz CT molecular complexity index is 903. The molecule has 1 heterocycles. The number of piperidine rings is 1. The second kappa shape index (κ2) is 7.68. The monoisotopic (exact) mass is 422 g/mol. The zero-order valence-electron chi connectivity index (χ0n) is 18.5. The fraction of sp³-hybridized carbons (Fsp3) is 0.440. The fourth-order valence-electron chi connectivity index (χ4n) is 4.69. The van der Waals surface area contributed by atoms with Crippen LogP contribution >= 0.6 is 0 Å². The maximum Gasteiger partial charge on any atom is 0.410 e. The molecule has 2 aromatic carbocycles. The first kappa shape index (κ1) is 21.4. The van der Waals surface area contributed by atoms with E-state index in [9.17, 15) is 14.7 Å². The lowest BCUT2D eigenvalue weighted by atomic mass is 9.85. The number of hydrogen-bond acceptors (Lipinski definition) is 4. The van der Waals surface area contributed by atoms with Crippen molar-refractivity contribution in [3.8, 4) is 0 Å². The smallest absolute Gasteiger partial charge is 0.410 e. The third kappa shape index (κ3) is 3.92. The van der Waals surface area contributed by atoms with E-state index >= 15 is 0 Å². The number of likely N-dealkylation sites (tertiary alicyclic amines) is 1. The third-order valence-electron chi connectivity index (χ3n) is 6.26. The predicted octanol–water partition coefficient (Wildman–Crippen LogP) is 3.25. The highest BCUT2D eigenvalue weighted by atomic mass is 16.6. The van der Waals surface area contributed by atoms with Gasteiger partial charge in [0.25, 0.3) is 5.91 Å². The van der Waals surface area contributed by atoms with Crippen molar-refractivity contribution >= 4 is 12.0 Å².